The molecule has 2 rings (SSSR count). The average Bonchev–Trinajstić information content (AvgIpc) is 2.32. The monoisotopic (exact) mass is 235 g/mol. The highest BCUT2D eigenvalue weighted by atomic mass is 19.1. The van der Waals surface area contributed by atoms with Crippen molar-refractivity contribution >= 4 is 0 Å². The zero-order valence-corrected chi connectivity index (χ0v) is 8.99. The third kappa shape index (κ3) is 2.60. The second kappa shape index (κ2) is 4.93. The number of hydrogen-bond donors (Lipinski definition) is 1. The van der Waals surface area contributed by atoms with Gasteiger partial charge in [0.2, 0.25) is 0 Å². The number of benzene rings is 2. The van der Waals surface area contributed by atoms with Crippen LogP contribution in [0.4, 0.5) is 8.78 Å². The molecule has 4 heteroatoms. The summed E-state index contributed by atoms with van der Waals surface area (Å²) >= 11 is 0. The molecule has 0 unspecified atom stereocenters. The summed E-state index contributed by atoms with van der Waals surface area (Å²) < 4.78 is 31.8. The second-order valence-corrected chi connectivity index (χ2v) is 3.49. The van der Waals surface area contributed by atoms with Gasteiger partial charge in [-0.05, 0) is 18.2 Å². The van der Waals surface area contributed by atoms with E-state index in [9.17, 15) is 8.78 Å². The quantitative estimate of drug-likeness (QED) is 0.886. The Kier molecular flexibility index (Phi) is 3.35. The molecule has 0 aliphatic rings. The molecule has 2 aromatic rings. The maximum absolute atomic E-state index is 13.5. The van der Waals surface area contributed by atoms with Crippen molar-refractivity contribution in [3.8, 4) is 11.5 Å². The van der Waals surface area contributed by atoms with Crippen molar-refractivity contribution < 1.29 is 13.5 Å². The Morgan fingerprint density at radius 2 is 1.82 bits per heavy atom. The molecule has 0 aromatic heterocycles. The maximum atomic E-state index is 13.5. The Bertz CT molecular complexity index is 529. The number of para-hydroxylation sites is 1. The van der Waals surface area contributed by atoms with Crippen LogP contribution >= 0.6 is 0 Å². The van der Waals surface area contributed by atoms with Gasteiger partial charge >= 0.3 is 0 Å². The van der Waals surface area contributed by atoms with Crippen molar-refractivity contribution in [3.05, 3.63) is 59.7 Å². The summed E-state index contributed by atoms with van der Waals surface area (Å²) in [7, 11) is 0. The lowest BCUT2D eigenvalue weighted by molar-refractivity contribution is 0.433. The molecule has 0 saturated carbocycles. The van der Waals surface area contributed by atoms with Crippen molar-refractivity contribution in [2.45, 2.75) is 6.54 Å². The van der Waals surface area contributed by atoms with Crippen LogP contribution in [-0.4, -0.2) is 0 Å². The van der Waals surface area contributed by atoms with Gasteiger partial charge in [-0.25, -0.2) is 8.78 Å². The van der Waals surface area contributed by atoms with Crippen molar-refractivity contribution in [3.63, 3.8) is 0 Å². The zero-order chi connectivity index (χ0) is 12.3. The molecule has 2 aromatic carbocycles. The molecule has 0 aliphatic heterocycles. The van der Waals surface area contributed by atoms with Gasteiger partial charge in [-0.15, -0.1) is 0 Å². The minimum atomic E-state index is -0.516. The largest absolute Gasteiger partial charge is 0.454 e. The van der Waals surface area contributed by atoms with Gasteiger partial charge in [0.05, 0.1) is 0 Å². The van der Waals surface area contributed by atoms with E-state index in [0.717, 1.165) is 0 Å². The minimum Gasteiger partial charge on any atom is -0.454 e. The number of ether oxygens (including phenoxy) is 1. The first-order valence-electron chi connectivity index (χ1n) is 5.11. The van der Waals surface area contributed by atoms with Crippen LogP contribution in [0.3, 0.4) is 0 Å². The fraction of sp³-hybridized carbons (Fsp3) is 0.0769. The lowest BCUT2D eigenvalue weighted by Crippen LogP contribution is -2.01. The topological polar surface area (TPSA) is 35.2 Å². The fourth-order valence-electron chi connectivity index (χ4n) is 1.48. The second-order valence-electron chi connectivity index (χ2n) is 3.49. The molecule has 0 heterocycles. The summed E-state index contributed by atoms with van der Waals surface area (Å²) in [6, 6.07) is 10.0. The summed E-state index contributed by atoms with van der Waals surface area (Å²) in [5, 5.41) is 0. The molecule has 0 radical (unpaired) electrons. The van der Waals surface area contributed by atoms with Gasteiger partial charge in [-0.1, -0.05) is 18.2 Å². The molecular formula is C13H11F2NO. The summed E-state index contributed by atoms with van der Waals surface area (Å²) in [5.74, 6) is -0.671. The van der Waals surface area contributed by atoms with E-state index in [0.29, 0.717) is 5.56 Å². The molecule has 0 aliphatic carbocycles. The highest BCUT2D eigenvalue weighted by molar-refractivity contribution is 5.39. The van der Waals surface area contributed by atoms with E-state index in [4.69, 9.17) is 10.5 Å². The predicted octanol–water partition coefficient (Wildman–Crippen LogP) is 3.22. The van der Waals surface area contributed by atoms with E-state index in [1.54, 1.807) is 18.2 Å². The SMILES string of the molecule is NCc1cccc(F)c1Oc1cccc(F)c1. The van der Waals surface area contributed by atoms with Gasteiger partial charge in [-0.2, -0.15) is 0 Å². The van der Waals surface area contributed by atoms with Crippen LogP contribution in [-0.2, 0) is 6.54 Å². The van der Waals surface area contributed by atoms with Crippen LogP contribution < -0.4 is 10.5 Å². The van der Waals surface area contributed by atoms with E-state index in [1.165, 1.54) is 24.3 Å². The third-order valence-corrected chi connectivity index (χ3v) is 2.28. The summed E-state index contributed by atoms with van der Waals surface area (Å²) in [4.78, 5) is 0. The molecule has 0 amide bonds. The first kappa shape index (κ1) is 11.5. The van der Waals surface area contributed by atoms with Crippen LogP contribution in [0.1, 0.15) is 5.56 Å². The van der Waals surface area contributed by atoms with Crippen LogP contribution in [0.25, 0.3) is 0 Å². The molecule has 2 N–H and O–H groups in total. The summed E-state index contributed by atoms with van der Waals surface area (Å²) in [6.45, 7) is 0.155. The van der Waals surface area contributed by atoms with Crippen molar-refractivity contribution in [1.29, 1.82) is 0 Å². The molecule has 0 saturated heterocycles. The summed E-state index contributed by atoms with van der Waals surface area (Å²) in [5.41, 5.74) is 6.02. The highest BCUT2D eigenvalue weighted by Gasteiger charge is 2.10. The standard InChI is InChI=1S/C13H11F2NO/c14-10-4-2-5-11(7-10)17-13-9(8-16)3-1-6-12(13)15/h1-7H,8,16H2. The number of rotatable bonds is 3. The van der Waals surface area contributed by atoms with Gasteiger partial charge in [0.1, 0.15) is 11.6 Å². The Morgan fingerprint density at radius 3 is 2.53 bits per heavy atom. The molecular weight excluding hydrogens is 224 g/mol. The van der Waals surface area contributed by atoms with Gasteiger partial charge in [0.25, 0.3) is 0 Å². The van der Waals surface area contributed by atoms with Crippen molar-refractivity contribution in [2.24, 2.45) is 5.73 Å². The number of halogens is 2. The Labute approximate surface area is 97.6 Å². The zero-order valence-electron chi connectivity index (χ0n) is 8.99. The van der Waals surface area contributed by atoms with Crippen LogP contribution in [0.2, 0.25) is 0 Å². The van der Waals surface area contributed by atoms with E-state index in [1.807, 2.05) is 0 Å². The average molecular weight is 235 g/mol. The van der Waals surface area contributed by atoms with Crippen molar-refractivity contribution in [1.82, 2.24) is 0 Å². The van der Waals surface area contributed by atoms with Crippen LogP contribution in [0, 0.1) is 11.6 Å². The predicted molar refractivity (Wildman–Crippen MR) is 60.8 cm³/mol. The summed E-state index contributed by atoms with van der Waals surface area (Å²) in [6.07, 6.45) is 0. The Morgan fingerprint density at radius 1 is 1.06 bits per heavy atom. The Hall–Kier alpha value is -1.94. The normalized spacial score (nSPS) is 10.3. The van der Waals surface area contributed by atoms with Crippen LogP contribution in [0.5, 0.6) is 11.5 Å². The van der Waals surface area contributed by atoms with Crippen LogP contribution in [0.15, 0.2) is 42.5 Å². The third-order valence-electron chi connectivity index (χ3n) is 2.28. The number of hydrogen-bond acceptors (Lipinski definition) is 2. The molecule has 0 spiro atoms. The van der Waals surface area contributed by atoms with Gasteiger partial charge < -0.3 is 10.5 Å². The molecule has 0 fully saturated rings. The molecule has 2 nitrogen and oxygen atoms in total. The van der Waals surface area contributed by atoms with E-state index < -0.39 is 11.6 Å². The first-order valence-corrected chi connectivity index (χ1v) is 5.11. The van der Waals surface area contributed by atoms with E-state index >= 15 is 0 Å². The van der Waals surface area contributed by atoms with E-state index in [2.05, 4.69) is 0 Å². The number of nitrogens with two attached hydrogens (primary N) is 1. The molecule has 88 valence electrons. The smallest absolute Gasteiger partial charge is 0.167 e. The fourth-order valence-corrected chi connectivity index (χ4v) is 1.48. The molecule has 17 heavy (non-hydrogen) atoms. The van der Waals surface area contributed by atoms with Gasteiger partial charge in [0, 0.05) is 18.2 Å². The maximum Gasteiger partial charge on any atom is 0.167 e. The minimum absolute atomic E-state index is 0.0422. The van der Waals surface area contributed by atoms with Gasteiger partial charge in [0.15, 0.2) is 11.6 Å². The first-order chi connectivity index (χ1) is 8.20. The Balaban J connectivity index is 2.35. The molecule has 0 bridgehead atoms. The van der Waals surface area contributed by atoms with Gasteiger partial charge in [-0.3, -0.25) is 0 Å². The van der Waals surface area contributed by atoms with E-state index in [-0.39, 0.29) is 18.0 Å². The molecule has 0 atom stereocenters. The highest BCUT2D eigenvalue weighted by Crippen LogP contribution is 2.28. The van der Waals surface area contributed by atoms with Crippen molar-refractivity contribution in [2.75, 3.05) is 0 Å². The lowest BCUT2D eigenvalue weighted by Gasteiger charge is -2.10. The lowest BCUT2D eigenvalue weighted by atomic mass is 10.2.